The normalized spacial score (nSPS) is 11.7. The van der Waals surface area contributed by atoms with Crippen LogP contribution >= 0.6 is 11.6 Å². The number of benzene rings is 2. The molecular weight excluding hydrogens is 288 g/mol. The topological polar surface area (TPSA) is 61.4 Å². The van der Waals surface area contributed by atoms with Crippen LogP contribution in [0.15, 0.2) is 54.6 Å². The van der Waals surface area contributed by atoms with Gasteiger partial charge in [0.2, 0.25) is 0 Å². The molecule has 0 saturated carbocycles. The Balaban J connectivity index is 1.90. The van der Waals surface area contributed by atoms with E-state index in [2.05, 4.69) is 10.6 Å². The first-order valence-electron chi connectivity index (χ1n) is 6.65. The van der Waals surface area contributed by atoms with Crippen LogP contribution < -0.4 is 10.6 Å². The molecule has 0 heterocycles. The molecule has 0 aliphatic carbocycles. The molecule has 110 valence electrons. The van der Waals surface area contributed by atoms with Crippen LogP contribution in [0.1, 0.15) is 5.56 Å². The van der Waals surface area contributed by atoms with Crippen LogP contribution in [0.25, 0.3) is 0 Å². The van der Waals surface area contributed by atoms with Gasteiger partial charge in [-0.1, -0.05) is 48.0 Å². The molecule has 0 aliphatic heterocycles. The molecule has 5 heteroatoms. The minimum absolute atomic E-state index is 0.127. The van der Waals surface area contributed by atoms with Gasteiger partial charge in [0.05, 0.1) is 12.6 Å². The summed E-state index contributed by atoms with van der Waals surface area (Å²) < 4.78 is 0. The average Bonchev–Trinajstić information content (AvgIpc) is 2.47. The van der Waals surface area contributed by atoms with Crippen LogP contribution in [0, 0.1) is 0 Å². The Morgan fingerprint density at radius 1 is 1.14 bits per heavy atom. The second-order valence-corrected chi connectivity index (χ2v) is 5.11. The van der Waals surface area contributed by atoms with Crippen molar-refractivity contribution < 1.29 is 9.90 Å². The molecule has 0 spiro atoms. The Morgan fingerprint density at radius 3 is 2.57 bits per heavy atom. The number of nitrogens with one attached hydrogen (secondary N) is 2. The minimum atomic E-state index is -0.368. The zero-order valence-electron chi connectivity index (χ0n) is 11.4. The average molecular weight is 305 g/mol. The van der Waals surface area contributed by atoms with Gasteiger partial charge >= 0.3 is 6.03 Å². The molecule has 2 rings (SSSR count). The number of aliphatic hydroxyl groups is 1. The SMILES string of the molecule is O=C(Nc1cccc(Cl)c1)N[C@H](CO)Cc1ccccc1. The zero-order valence-corrected chi connectivity index (χ0v) is 12.2. The van der Waals surface area contributed by atoms with E-state index in [1.807, 2.05) is 30.3 Å². The van der Waals surface area contributed by atoms with Gasteiger partial charge < -0.3 is 15.7 Å². The molecule has 3 N–H and O–H groups in total. The van der Waals surface area contributed by atoms with Crippen molar-refractivity contribution in [3.05, 3.63) is 65.2 Å². The number of rotatable bonds is 5. The first-order chi connectivity index (χ1) is 10.2. The second-order valence-electron chi connectivity index (χ2n) is 4.68. The molecule has 0 saturated heterocycles. The predicted molar refractivity (Wildman–Crippen MR) is 84.6 cm³/mol. The lowest BCUT2D eigenvalue weighted by Crippen LogP contribution is -2.41. The fraction of sp³-hybridized carbons (Fsp3) is 0.188. The van der Waals surface area contributed by atoms with Gasteiger partial charge in [0.25, 0.3) is 0 Å². The van der Waals surface area contributed by atoms with Gasteiger partial charge in [0.15, 0.2) is 0 Å². The molecule has 0 radical (unpaired) electrons. The first-order valence-corrected chi connectivity index (χ1v) is 7.03. The first kappa shape index (κ1) is 15.4. The zero-order chi connectivity index (χ0) is 15.1. The number of hydrogen-bond donors (Lipinski definition) is 3. The van der Waals surface area contributed by atoms with Crippen LogP contribution in [-0.2, 0) is 6.42 Å². The van der Waals surface area contributed by atoms with Crippen molar-refractivity contribution in [3.63, 3.8) is 0 Å². The van der Waals surface area contributed by atoms with E-state index in [1.54, 1.807) is 24.3 Å². The number of aliphatic hydroxyl groups excluding tert-OH is 1. The highest BCUT2D eigenvalue weighted by Crippen LogP contribution is 2.14. The Hall–Kier alpha value is -2.04. The number of carbonyl (C=O) groups is 1. The van der Waals surface area contributed by atoms with Gasteiger partial charge in [0, 0.05) is 10.7 Å². The molecule has 21 heavy (non-hydrogen) atoms. The summed E-state index contributed by atoms with van der Waals surface area (Å²) in [4.78, 5) is 11.9. The highest BCUT2D eigenvalue weighted by Gasteiger charge is 2.12. The van der Waals surface area contributed by atoms with Gasteiger partial charge in [-0.25, -0.2) is 4.79 Å². The lowest BCUT2D eigenvalue weighted by Gasteiger charge is -2.17. The predicted octanol–water partition coefficient (Wildman–Crippen LogP) is 3.07. The number of anilines is 1. The van der Waals surface area contributed by atoms with E-state index in [1.165, 1.54) is 0 Å². The Bertz CT molecular complexity index is 590. The molecule has 2 aromatic rings. The standard InChI is InChI=1S/C16H17ClN2O2/c17-13-7-4-8-14(10-13)18-16(21)19-15(11-20)9-12-5-2-1-3-6-12/h1-8,10,15,20H,9,11H2,(H2,18,19,21)/t15-/m0/s1. The van der Waals surface area contributed by atoms with Crippen LogP contribution in [0.5, 0.6) is 0 Å². The fourth-order valence-corrected chi connectivity index (χ4v) is 2.17. The molecule has 0 aliphatic rings. The van der Waals surface area contributed by atoms with Crippen molar-refractivity contribution in [2.45, 2.75) is 12.5 Å². The molecular formula is C16H17ClN2O2. The number of amides is 2. The van der Waals surface area contributed by atoms with E-state index in [9.17, 15) is 9.90 Å². The Kier molecular flexibility index (Phi) is 5.60. The lowest BCUT2D eigenvalue weighted by atomic mass is 10.1. The van der Waals surface area contributed by atoms with Gasteiger partial charge in [-0.15, -0.1) is 0 Å². The molecule has 0 bridgehead atoms. The van der Waals surface area contributed by atoms with E-state index < -0.39 is 0 Å². The third-order valence-corrected chi connectivity index (χ3v) is 3.20. The molecule has 4 nitrogen and oxygen atoms in total. The van der Waals surface area contributed by atoms with Crippen molar-refractivity contribution in [2.24, 2.45) is 0 Å². The van der Waals surface area contributed by atoms with Gasteiger partial charge in [0.1, 0.15) is 0 Å². The smallest absolute Gasteiger partial charge is 0.319 e. The van der Waals surface area contributed by atoms with Crippen molar-refractivity contribution >= 4 is 23.3 Å². The number of halogens is 1. The highest BCUT2D eigenvalue weighted by molar-refractivity contribution is 6.30. The van der Waals surface area contributed by atoms with E-state index in [4.69, 9.17) is 11.6 Å². The van der Waals surface area contributed by atoms with Gasteiger partial charge in [-0.2, -0.15) is 0 Å². The summed E-state index contributed by atoms with van der Waals surface area (Å²) >= 11 is 5.86. The third kappa shape index (κ3) is 5.10. The van der Waals surface area contributed by atoms with Crippen LogP contribution in [0.3, 0.4) is 0 Å². The van der Waals surface area contributed by atoms with E-state index in [-0.39, 0.29) is 18.7 Å². The quantitative estimate of drug-likeness (QED) is 0.795. The van der Waals surface area contributed by atoms with Crippen molar-refractivity contribution in [1.29, 1.82) is 0 Å². The summed E-state index contributed by atoms with van der Waals surface area (Å²) in [5.74, 6) is 0. The largest absolute Gasteiger partial charge is 0.394 e. The molecule has 0 fully saturated rings. The Labute approximate surface area is 128 Å². The van der Waals surface area contributed by atoms with E-state index in [0.717, 1.165) is 5.56 Å². The summed E-state index contributed by atoms with van der Waals surface area (Å²) in [6.07, 6.45) is 0.570. The number of hydrogen-bond acceptors (Lipinski definition) is 2. The highest BCUT2D eigenvalue weighted by atomic mass is 35.5. The van der Waals surface area contributed by atoms with Crippen LogP contribution in [0.4, 0.5) is 10.5 Å². The molecule has 1 atom stereocenters. The van der Waals surface area contributed by atoms with E-state index >= 15 is 0 Å². The summed E-state index contributed by atoms with van der Waals surface area (Å²) in [5, 5.41) is 15.4. The summed E-state index contributed by atoms with van der Waals surface area (Å²) in [6, 6.07) is 15.9. The van der Waals surface area contributed by atoms with Gasteiger partial charge in [-0.3, -0.25) is 0 Å². The monoisotopic (exact) mass is 304 g/mol. The molecule has 0 aromatic heterocycles. The van der Waals surface area contributed by atoms with E-state index in [0.29, 0.717) is 17.1 Å². The molecule has 2 amide bonds. The Morgan fingerprint density at radius 2 is 1.90 bits per heavy atom. The summed E-state index contributed by atoms with van der Waals surface area (Å²) in [5.41, 5.74) is 1.66. The lowest BCUT2D eigenvalue weighted by molar-refractivity contribution is 0.224. The fourth-order valence-electron chi connectivity index (χ4n) is 1.98. The number of urea groups is 1. The van der Waals surface area contributed by atoms with Crippen molar-refractivity contribution in [2.75, 3.05) is 11.9 Å². The summed E-state index contributed by atoms with van der Waals surface area (Å²) in [7, 11) is 0. The van der Waals surface area contributed by atoms with Crippen molar-refractivity contribution in [3.8, 4) is 0 Å². The third-order valence-electron chi connectivity index (χ3n) is 2.96. The van der Waals surface area contributed by atoms with Gasteiger partial charge in [-0.05, 0) is 30.2 Å². The van der Waals surface area contributed by atoms with Crippen LogP contribution in [0.2, 0.25) is 5.02 Å². The van der Waals surface area contributed by atoms with Crippen LogP contribution in [-0.4, -0.2) is 23.8 Å². The molecule has 0 unspecified atom stereocenters. The maximum absolute atomic E-state index is 11.9. The van der Waals surface area contributed by atoms with Crippen molar-refractivity contribution in [1.82, 2.24) is 5.32 Å². The number of carbonyl (C=O) groups excluding carboxylic acids is 1. The summed E-state index contributed by atoms with van der Waals surface area (Å²) in [6.45, 7) is -0.127. The second kappa shape index (κ2) is 7.67. The maximum atomic E-state index is 11.9. The maximum Gasteiger partial charge on any atom is 0.319 e. The minimum Gasteiger partial charge on any atom is -0.394 e. The molecule has 2 aromatic carbocycles.